The first kappa shape index (κ1) is 15.0. The molecule has 0 radical (unpaired) electrons. The van der Waals surface area contributed by atoms with E-state index in [4.69, 9.17) is 0 Å². The van der Waals surface area contributed by atoms with Crippen LogP contribution in [0.1, 0.15) is 27.0 Å². The average Bonchev–Trinajstić information content (AvgIpc) is 2.50. The first-order valence-electron chi connectivity index (χ1n) is 6.68. The zero-order chi connectivity index (χ0) is 15.4. The van der Waals surface area contributed by atoms with Crippen LogP contribution in [0.2, 0.25) is 0 Å². The minimum absolute atomic E-state index is 0.193. The van der Waals surface area contributed by atoms with Crippen molar-refractivity contribution in [3.63, 3.8) is 0 Å². The van der Waals surface area contributed by atoms with E-state index in [1.807, 2.05) is 0 Å². The van der Waals surface area contributed by atoms with Gasteiger partial charge in [0.25, 0.3) is 5.91 Å². The molecule has 0 aliphatic heterocycles. The molecule has 0 saturated carbocycles. The van der Waals surface area contributed by atoms with Crippen LogP contribution in [0.25, 0.3) is 0 Å². The number of aryl methyl sites for hydroxylation is 2. The number of carbonyl (C=O) groups excluding carboxylic acids is 1. The van der Waals surface area contributed by atoms with E-state index >= 15 is 0 Å². The number of benzene rings is 1. The van der Waals surface area contributed by atoms with Gasteiger partial charge in [-0.2, -0.15) is 0 Å². The zero-order valence-electron chi connectivity index (χ0n) is 12.3. The Morgan fingerprint density at radius 1 is 1.29 bits per heavy atom. The Kier molecular flexibility index (Phi) is 4.52. The molecule has 1 aromatic carbocycles. The molecular formula is C16H18FN3O. The monoisotopic (exact) mass is 287 g/mol. The fraction of sp³-hybridized carbons (Fsp3) is 0.250. The highest BCUT2D eigenvalue weighted by Gasteiger charge is 2.11. The summed E-state index contributed by atoms with van der Waals surface area (Å²) in [6.07, 6.45) is 3.17. The lowest BCUT2D eigenvalue weighted by atomic mass is 10.1. The fourth-order valence-electron chi connectivity index (χ4n) is 2.21. The molecule has 5 heteroatoms. The smallest absolute Gasteiger partial charge is 0.253 e. The van der Waals surface area contributed by atoms with Crippen molar-refractivity contribution in [2.75, 3.05) is 12.4 Å². The predicted octanol–water partition coefficient (Wildman–Crippen LogP) is 2.81. The van der Waals surface area contributed by atoms with Crippen LogP contribution in [0, 0.1) is 19.7 Å². The van der Waals surface area contributed by atoms with Gasteiger partial charge in [-0.05, 0) is 36.6 Å². The lowest BCUT2D eigenvalue weighted by Crippen LogP contribution is -2.24. The molecule has 21 heavy (non-hydrogen) atoms. The van der Waals surface area contributed by atoms with Crippen LogP contribution in [0.5, 0.6) is 0 Å². The second-order valence-corrected chi connectivity index (χ2v) is 4.90. The van der Waals surface area contributed by atoms with Crippen molar-refractivity contribution in [2.45, 2.75) is 20.4 Å². The predicted molar refractivity (Wildman–Crippen MR) is 80.8 cm³/mol. The van der Waals surface area contributed by atoms with E-state index in [9.17, 15) is 9.18 Å². The maximum atomic E-state index is 13.6. The van der Waals surface area contributed by atoms with Gasteiger partial charge in [0.1, 0.15) is 5.82 Å². The van der Waals surface area contributed by atoms with Gasteiger partial charge in [0.2, 0.25) is 0 Å². The van der Waals surface area contributed by atoms with Gasteiger partial charge in [-0.15, -0.1) is 0 Å². The number of nitrogens with one attached hydrogen (secondary N) is 2. The molecule has 0 spiro atoms. The number of carbonyl (C=O) groups is 1. The van der Waals surface area contributed by atoms with Gasteiger partial charge in [0.05, 0.1) is 17.4 Å². The summed E-state index contributed by atoms with van der Waals surface area (Å²) in [5.74, 6) is -0.391. The van der Waals surface area contributed by atoms with Gasteiger partial charge in [-0.25, -0.2) is 4.39 Å². The van der Waals surface area contributed by atoms with Gasteiger partial charge in [0, 0.05) is 19.8 Å². The van der Waals surface area contributed by atoms with E-state index in [0.29, 0.717) is 28.9 Å². The third-order valence-electron chi connectivity index (χ3n) is 3.28. The summed E-state index contributed by atoms with van der Waals surface area (Å²) in [4.78, 5) is 16.1. The van der Waals surface area contributed by atoms with Crippen molar-refractivity contribution in [1.82, 2.24) is 10.3 Å². The van der Waals surface area contributed by atoms with Crippen molar-refractivity contribution in [3.05, 3.63) is 58.7 Å². The van der Waals surface area contributed by atoms with Crippen LogP contribution >= 0.6 is 0 Å². The molecule has 110 valence electrons. The summed E-state index contributed by atoms with van der Waals surface area (Å²) in [6, 6.07) is 5.14. The fourth-order valence-corrected chi connectivity index (χ4v) is 2.21. The van der Waals surface area contributed by atoms with Crippen molar-refractivity contribution < 1.29 is 9.18 Å². The highest BCUT2D eigenvalue weighted by Crippen LogP contribution is 2.16. The summed E-state index contributed by atoms with van der Waals surface area (Å²) in [5.41, 5.74) is 3.24. The maximum Gasteiger partial charge on any atom is 0.253 e. The Labute approximate surface area is 123 Å². The van der Waals surface area contributed by atoms with Crippen LogP contribution in [-0.4, -0.2) is 17.9 Å². The number of amides is 1. The SMILES string of the molecule is CNc1cnccc1C(=O)NCc1cc(C)c(F)c(C)c1. The highest BCUT2D eigenvalue weighted by atomic mass is 19.1. The molecule has 2 aromatic rings. The lowest BCUT2D eigenvalue weighted by molar-refractivity contribution is 0.0951. The van der Waals surface area contributed by atoms with Gasteiger partial charge in [-0.3, -0.25) is 9.78 Å². The van der Waals surface area contributed by atoms with Crippen molar-refractivity contribution in [1.29, 1.82) is 0 Å². The van der Waals surface area contributed by atoms with Gasteiger partial charge in [0.15, 0.2) is 0 Å². The quantitative estimate of drug-likeness (QED) is 0.909. The average molecular weight is 287 g/mol. The normalized spacial score (nSPS) is 10.3. The summed E-state index contributed by atoms with van der Waals surface area (Å²) >= 11 is 0. The van der Waals surface area contributed by atoms with E-state index in [1.54, 1.807) is 51.5 Å². The largest absolute Gasteiger partial charge is 0.386 e. The Morgan fingerprint density at radius 3 is 2.57 bits per heavy atom. The van der Waals surface area contributed by atoms with Crippen molar-refractivity contribution >= 4 is 11.6 Å². The molecule has 2 N–H and O–H groups in total. The Morgan fingerprint density at radius 2 is 1.95 bits per heavy atom. The molecular weight excluding hydrogens is 269 g/mol. The molecule has 0 bridgehead atoms. The third kappa shape index (κ3) is 3.37. The van der Waals surface area contributed by atoms with Crippen LogP contribution in [0.3, 0.4) is 0 Å². The first-order valence-corrected chi connectivity index (χ1v) is 6.68. The molecule has 0 aliphatic carbocycles. The molecule has 1 heterocycles. The lowest BCUT2D eigenvalue weighted by Gasteiger charge is -2.10. The van der Waals surface area contributed by atoms with Crippen LogP contribution < -0.4 is 10.6 Å². The molecule has 2 rings (SSSR count). The minimum Gasteiger partial charge on any atom is -0.386 e. The van der Waals surface area contributed by atoms with Crippen molar-refractivity contribution in [3.8, 4) is 0 Å². The summed E-state index contributed by atoms with van der Waals surface area (Å²) < 4.78 is 13.6. The number of rotatable bonds is 4. The van der Waals surface area contributed by atoms with E-state index < -0.39 is 0 Å². The number of pyridine rings is 1. The number of halogens is 1. The number of hydrogen-bond acceptors (Lipinski definition) is 3. The molecule has 0 fully saturated rings. The zero-order valence-corrected chi connectivity index (χ0v) is 12.3. The Bertz CT molecular complexity index is 647. The second kappa shape index (κ2) is 6.35. The number of hydrogen-bond donors (Lipinski definition) is 2. The highest BCUT2D eigenvalue weighted by molar-refractivity contribution is 5.99. The number of nitrogens with zero attached hydrogens (tertiary/aromatic N) is 1. The second-order valence-electron chi connectivity index (χ2n) is 4.90. The van der Waals surface area contributed by atoms with Crippen LogP contribution in [0.4, 0.5) is 10.1 Å². The van der Waals surface area contributed by atoms with Gasteiger partial charge in [-0.1, -0.05) is 12.1 Å². The Balaban J connectivity index is 2.11. The molecule has 0 unspecified atom stereocenters. The Hall–Kier alpha value is -2.43. The van der Waals surface area contributed by atoms with E-state index in [1.165, 1.54) is 0 Å². The van der Waals surface area contributed by atoms with Gasteiger partial charge >= 0.3 is 0 Å². The molecule has 0 atom stereocenters. The van der Waals surface area contributed by atoms with Gasteiger partial charge < -0.3 is 10.6 Å². The van der Waals surface area contributed by atoms with E-state index in [0.717, 1.165) is 5.56 Å². The first-order chi connectivity index (χ1) is 10.0. The summed E-state index contributed by atoms with van der Waals surface area (Å²) in [6.45, 7) is 3.79. The number of anilines is 1. The molecule has 0 saturated heterocycles. The standard InChI is InChI=1S/C16H18FN3O/c1-10-6-12(7-11(2)15(10)17)8-20-16(21)13-4-5-19-9-14(13)18-3/h4-7,9,18H,8H2,1-3H3,(H,20,21). The van der Waals surface area contributed by atoms with Crippen molar-refractivity contribution in [2.24, 2.45) is 0 Å². The van der Waals surface area contributed by atoms with E-state index in [-0.39, 0.29) is 11.7 Å². The molecule has 0 aliphatic rings. The topological polar surface area (TPSA) is 54.0 Å². The van der Waals surface area contributed by atoms with Crippen LogP contribution in [-0.2, 0) is 6.54 Å². The van der Waals surface area contributed by atoms with Crippen LogP contribution in [0.15, 0.2) is 30.6 Å². The third-order valence-corrected chi connectivity index (χ3v) is 3.28. The summed E-state index contributed by atoms with van der Waals surface area (Å²) in [7, 11) is 1.74. The molecule has 1 amide bonds. The van der Waals surface area contributed by atoms with E-state index in [2.05, 4.69) is 15.6 Å². The molecule has 1 aromatic heterocycles. The summed E-state index contributed by atoms with van der Waals surface area (Å²) in [5, 5.41) is 5.76. The minimum atomic E-state index is -0.198. The number of aromatic nitrogens is 1. The maximum absolute atomic E-state index is 13.6. The molecule has 4 nitrogen and oxygen atoms in total.